The Morgan fingerprint density at radius 2 is 1.42 bits per heavy atom. The number of ether oxygens (including phenoxy) is 2. The summed E-state index contributed by atoms with van der Waals surface area (Å²) in [4.78, 5) is 29.3. The molecule has 286 valence electrons. The Balaban J connectivity index is 1.52. The molecule has 2 aliphatic heterocycles. The first-order valence-electron chi connectivity index (χ1n) is 17.9. The molecule has 4 unspecified atom stereocenters. The van der Waals surface area contributed by atoms with Crippen molar-refractivity contribution in [2.45, 2.75) is 159 Å². The van der Waals surface area contributed by atoms with Crippen LogP contribution in [-0.2, 0) is 27.6 Å². The summed E-state index contributed by atoms with van der Waals surface area (Å²) in [5, 5.41) is 43.7. The fourth-order valence-electron chi connectivity index (χ4n) is 6.01. The summed E-state index contributed by atoms with van der Waals surface area (Å²) in [6.45, 7) is 2.66. The minimum atomic E-state index is -4.41. The minimum Gasteiger partial charge on any atom is -0.387 e. The van der Waals surface area contributed by atoms with E-state index in [4.69, 9.17) is 28.6 Å². The first-order valence-corrected chi connectivity index (χ1v) is 19.4. The van der Waals surface area contributed by atoms with Gasteiger partial charge in [-0.25, -0.2) is 9.36 Å². The lowest BCUT2D eigenvalue weighted by Crippen LogP contribution is -2.58. The van der Waals surface area contributed by atoms with Crippen molar-refractivity contribution in [3.05, 3.63) is 43.0 Å². The molecule has 50 heavy (non-hydrogen) atoms. The average Bonchev–Trinajstić information content (AvgIpc) is 3.49. The van der Waals surface area contributed by atoms with Crippen molar-refractivity contribution in [2.75, 3.05) is 19.8 Å². The number of rotatable bonds is 24. The Morgan fingerprint density at radius 1 is 0.860 bits per heavy atom. The zero-order valence-corrected chi connectivity index (χ0v) is 30.1. The van der Waals surface area contributed by atoms with Crippen LogP contribution in [-0.4, -0.2) is 92.6 Å². The topological polar surface area (TPSA) is 248 Å². The molecule has 5 N–H and O–H groups in total. The standard InChI is InChI=1S/C32H56N5O12P/c1-3-4-5-6-7-8-9-10-11-12-13-14-15-16-17-45-50(44,47-21-25-27(38)28(39)29(40)31(42)49-25)46-20-24-23(35-36-33)18-26(48-24)37-19-22(2)30(41)34-32(37)43/h19,23-29,31,38-40,42H,3-18,20-21H2,1-2H3,(H,34,41,43)/t23?,24-,25-,26?,27-,28+,29-,31?,50?/m1/s1. The number of hydrogen-bond acceptors (Lipinski definition) is 13. The van der Waals surface area contributed by atoms with E-state index in [-0.39, 0.29) is 18.6 Å². The number of phosphoric ester groups is 1. The van der Waals surface area contributed by atoms with Crippen LogP contribution in [0.25, 0.3) is 10.4 Å². The first kappa shape index (κ1) is 42.3. The summed E-state index contributed by atoms with van der Waals surface area (Å²) < 4.78 is 42.7. The van der Waals surface area contributed by atoms with Crippen LogP contribution in [0, 0.1) is 6.92 Å². The molecule has 3 rings (SSSR count). The largest absolute Gasteiger partial charge is 0.474 e. The van der Waals surface area contributed by atoms with E-state index in [1.807, 2.05) is 0 Å². The lowest BCUT2D eigenvalue weighted by molar-refractivity contribution is -0.285. The highest BCUT2D eigenvalue weighted by atomic mass is 31.2. The highest BCUT2D eigenvalue weighted by Gasteiger charge is 2.45. The third-order valence-electron chi connectivity index (χ3n) is 9.09. The average molecular weight is 734 g/mol. The molecule has 0 saturated carbocycles. The summed E-state index contributed by atoms with van der Waals surface area (Å²) in [5.41, 5.74) is 8.12. The number of aliphatic hydroxyl groups is 4. The Morgan fingerprint density at radius 3 is 2.00 bits per heavy atom. The van der Waals surface area contributed by atoms with Crippen molar-refractivity contribution in [3.63, 3.8) is 0 Å². The second-order valence-corrected chi connectivity index (χ2v) is 14.8. The lowest BCUT2D eigenvalue weighted by atomic mass is 10.00. The number of aromatic amines is 1. The first-order chi connectivity index (χ1) is 24.0. The normalized spacial score (nSPS) is 28.0. The van der Waals surface area contributed by atoms with Gasteiger partial charge in [-0.05, 0) is 18.9 Å². The van der Waals surface area contributed by atoms with Crippen LogP contribution in [0.15, 0.2) is 20.9 Å². The van der Waals surface area contributed by atoms with Crippen LogP contribution in [0.5, 0.6) is 0 Å². The van der Waals surface area contributed by atoms with Crippen molar-refractivity contribution in [3.8, 4) is 0 Å². The van der Waals surface area contributed by atoms with Crippen molar-refractivity contribution in [1.29, 1.82) is 0 Å². The van der Waals surface area contributed by atoms with E-state index in [2.05, 4.69) is 21.9 Å². The number of nitrogens with zero attached hydrogens (tertiary/aromatic N) is 4. The monoisotopic (exact) mass is 733 g/mol. The number of aliphatic hydroxyl groups excluding tert-OH is 4. The van der Waals surface area contributed by atoms with Crippen LogP contribution in [0.1, 0.15) is 115 Å². The van der Waals surface area contributed by atoms with Crippen LogP contribution < -0.4 is 11.2 Å². The van der Waals surface area contributed by atoms with Gasteiger partial charge >= 0.3 is 13.5 Å². The fourth-order valence-corrected chi connectivity index (χ4v) is 7.24. The minimum absolute atomic E-state index is 0.00727. The maximum atomic E-state index is 13.8. The van der Waals surface area contributed by atoms with E-state index < -0.39 is 81.4 Å². The Kier molecular flexibility index (Phi) is 18.6. The van der Waals surface area contributed by atoms with Crippen molar-refractivity contribution >= 4 is 7.82 Å². The second kappa shape index (κ2) is 22.0. The Bertz CT molecular complexity index is 1360. The number of unbranched alkanes of at least 4 members (excludes halogenated alkanes) is 13. The van der Waals surface area contributed by atoms with Gasteiger partial charge in [-0.15, -0.1) is 0 Å². The molecule has 0 amide bonds. The molecule has 18 heteroatoms. The number of hydrogen-bond donors (Lipinski definition) is 5. The van der Waals surface area contributed by atoms with E-state index in [1.165, 1.54) is 70.9 Å². The second-order valence-electron chi connectivity index (χ2n) is 13.1. The molecule has 1 aromatic heterocycles. The number of H-pyrrole nitrogens is 1. The number of azide groups is 1. The highest BCUT2D eigenvalue weighted by molar-refractivity contribution is 7.48. The van der Waals surface area contributed by atoms with Crippen molar-refractivity contribution in [2.24, 2.45) is 5.11 Å². The molecular weight excluding hydrogens is 677 g/mol. The van der Waals surface area contributed by atoms with Gasteiger partial charge < -0.3 is 29.9 Å². The molecule has 2 fully saturated rings. The zero-order chi connectivity index (χ0) is 36.5. The smallest absolute Gasteiger partial charge is 0.387 e. The maximum Gasteiger partial charge on any atom is 0.474 e. The molecule has 0 aromatic carbocycles. The fraction of sp³-hybridized carbons (Fsp3) is 0.875. The van der Waals surface area contributed by atoms with Crippen LogP contribution in [0.2, 0.25) is 0 Å². The SMILES string of the molecule is CCCCCCCCCCCCCCCCOP(=O)(OC[C@H]1OC(n2cc(C)c(=O)[nH]c2=O)CC1N=[N+]=[N-])OC[C@H]1OC(O)[C@H](O)[C@@H](O)[C@@H]1O. The highest BCUT2D eigenvalue weighted by Crippen LogP contribution is 2.51. The molecule has 0 bridgehead atoms. The molecule has 0 spiro atoms. The molecule has 3 heterocycles. The Hall–Kier alpha value is -2.14. The third kappa shape index (κ3) is 13.4. The number of phosphoric acid groups is 1. The van der Waals surface area contributed by atoms with E-state index in [0.717, 1.165) is 30.3 Å². The molecule has 0 radical (unpaired) electrons. The van der Waals surface area contributed by atoms with E-state index in [0.29, 0.717) is 6.42 Å². The van der Waals surface area contributed by atoms with Gasteiger partial charge in [-0.1, -0.05) is 95.5 Å². The zero-order valence-electron chi connectivity index (χ0n) is 29.2. The van der Waals surface area contributed by atoms with Crippen LogP contribution >= 0.6 is 7.82 Å². The van der Waals surface area contributed by atoms with Gasteiger partial charge in [-0.3, -0.25) is 27.9 Å². The number of aryl methyl sites for hydroxylation is 1. The van der Waals surface area contributed by atoms with Gasteiger partial charge in [0.05, 0.1) is 32.0 Å². The molecule has 1 aromatic rings. The summed E-state index contributed by atoms with van der Waals surface area (Å²) in [7, 11) is -4.41. The lowest BCUT2D eigenvalue weighted by Gasteiger charge is -2.38. The van der Waals surface area contributed by atoms with Gasteiger partial charge in [0.15, 0.2) is 6.29 Å². The van der Waals surface area contributed by atoms with Gasteiger partial charge in [0.1, 0.15) is 30.6 Å². The summed E-state index contributed by atoms with van der Waals surface area (Å²) in [6, 6.07) is -0.848. The molecule has 9 atom stereocenters. The molecule has 0 aliphatic carbocycles. The summed E-state index contributed by atoms with van der Waals surface area (Å²) in [5.74, 6) is 0. The number of aromatic nitrogens is 2. The van der Waals surface area contributed by atoms with Gasteiger partial charge in [-0.2, -0.15) is 0 Å². The molecule has 2 aliphatic rings. The van der Waals surface area contributed by atoms with Gasteiger partial charge in [0.2, 0.25) is 0 Å². The van der Waals surface area contributed by atoms with Crippen LogP contribution in [0.4, 0.5) is 0 Å². The molecular formula is C32H56N5O12P. The predicted molar refractivity (Wildman–Crippen MR) is 182 cm³/mol. The van der Waals surface area contributed by atoms with Gasteiger partial charge in [0, 0.05) is 23.1 Å². The third-order valence-corrected chi connectivity index (χ3v) is 10.5. The summed E-state index contributed by atoms with van der Waals surface area (Å²) in [6.07, 6.45) is 7.21. The van der Waals surface area contributed by atoms with E-state index in [9.17, 15) is 34.6 Å². The predicted octanol–water partition coefficient (Wildman–Crippen LogP) is 4.25. The Labute approximate surface area is 292 Å². The van der Waals surface area contributed by atoms with Crippen LogP contribution in [0.3, 0.4) is 0 Å². The van der Waals surface area contributed by atoms with Crippen molar-refractivity contribution < 1.29 is 48.0 Å². The summed E-state index contributed by atoms with van der Waals surface area (Å²) >= 11 is 0. The maximum absolute atomic E-state index is 13.8. The van der Waals surface area contributed by atoms with Crippen molar-refractivity contribution in [1.82, 2.24) is 9.55 Å². The molecule has 2 saturated heterocycles. The quantitative estimate of drug-likeness (QED) is 0.0329. The molecule has 17 nitrogen and oxygen atoms in total. The number of nitrogens with one attached hydrogen (secondary N) is 1. The van der Waals surface area contributed by atoms with E-state index in [1.54, 1.807) is 0 Å². The van der Waals surface area contributed by atoms with E-state index >= 15 is 0 Å². The van der Waals surface area contributed by atoms with Gasteiger partial charge in [0.25, 0.3) is 5.56 Å².